The second-order valence-electron chi connectivity index (χ2n) is 7.31. The molecule has 2 aromatic carbocycles. The molecular formula is C21H21ClN2O5S. The van der Waals surface area contributed by atoms with E-state index in [1.54, 1.807) is 6.07 Å². The van der Waals surface area contributed by atoms with E-state index >= 15 is 0 Å². The molecule has 1 N–H and O–H groups in total. The Balaban J connectivity index is 1.46. The quantitative estimate of drug-likeness (QED) is 0.603. The van der Waals surface area contributed by atoms with Crippen LogP contribution in [0.2, 0.25) is 5.02 Å². The molecule has 0 bridgehead atoms. The van der Waals surface area contributed by atoms with E-state index in [1.165, 1.54) is 16.4 Å². The Morgan fingerprint density at radius 2 is 1.73 bits per heavy atom. The third-order valence-electron chi connectivity index (χ3n) is 5.21. The number of sulfonamides is 1. The van der Waals surface area contributed by atoms with Crippen molar-refractivity contribution in [2.45, 2.75) is 12.3 Å². The van der Waals surface area contributed by atoms with Crippen molar-refractivity contribution in [2.24, 2.45) is 0 Å². The summed E-state index contributed by atoms with van der Waals surface area (Å²) in [7, 11) is -3.39. The van der Waals surface area contributed by atoms with Crippen LogP contribution in [-0.2, 0) is 22.3 Å². The molecule has 0 radical (unpaired) electrons. The molecule has 7 nitrogen and oxygen atoms in total. The molecule has 0 spiro atoms. The van der Waals surface area contributed by atoms with E-state index in [0.29, 0.717) is 38.1 Å². The van der Waals surface area contributed by atoms with Gasteiger partial charge in [-0.1, -0.05) is 41.9 Å². The highest BCUT2D eigenvalue weighted by Crippen LogP contribution is 2.30. The van der Waals surface area contributed by atoms with Crippen LogP contribution in [0.4, 0.5) is 0 Å². The van der Waals surface area contributed by atoms with Gasteiger partial charge in [0.25, 0.3) is 0 Å². The number of phenolic OH excluding ortho intramolecular Hbond substituents is 1. The van der Waals surface area contributed by atoms with Crippen LogP contribution in [0.3, 0.4) is 0 Å². The van der Waals surface area contributed by atoms with E-state index < -0.39 is 15.6 Å². The fourth-order valence-corrected chi connectivity index (χ4v) is 5.33. The molecule has 30 heavy (non-hydrogen) atoms. The lowest BCUT2D eigenvalue weighted by atomic mass is 10.1. The molecule has 4 rings (SSSR count). The maximum absolute atomic E-state index is 12.7. The molecule has 0 aliphatic carbocycles. The van der Waals surface area contributed by atoms with E-state index in [9.17, 15) is 18.3 Å². The predicted octanol–water partition coefficient (Wildman–Crippen LogP) is 2.80. The van der Waals surface area contributed by atoms with Crippen molar-refractivity contribution in [3.8, 4) is 5.75 Å². The number of hydrogen-bond donors (Lipinski definition) is 1. The largest absolute Gasteiger partial charge is 0.506 e. The Morgan fingerprint density at radius 1 is 1.03 bits per heavy atom. The number of hydrogen-bond acceptors (Lipinski definition) is 6. The first-order valence-corrected chi connectivity index (χ1v) is 11.5. The van der Waals surface area contributed by atoms with Crippen molar-refractivity contribution in [2.75, 3.05) is 26.2 Å². The minimum atomic E-state index is -3.39. The van der Waals surface area contributed by atoms with Crippen LogP contribution in [0.25, 0.3) is 11.0 Å². The highest BCUT2D eigenvalue weighted by molar-refractivity contribution is 7.88. The summed E-state index contributed by atoms with van der Waals surface area (Å²) >= 11 is 6.02. The van der Waals surface area contributed by atoms with Crippen LogP contribution in [0, 0.1) is 0 Å². The van der Waals surface area contributed by atoms with E-state index in [-0.39, 0.29) is 22.1 Å². The van der Waals surface area contributed by atoms with Crippen LogP contribution in [-0.4, -0.2) is 48.9 Å². The zero-order chi connectivity index (χ0) is 21.3. The van der Waals surface area contributed by atoms with Gasteiger partial charge in [0.15, 0.2) is 0 Å². The normalized spacial score (nSPS) is 16.2. The van der Waals surface area contributed by atoms with Crippen molar-refractivity contribution in [1.29, 1.82) is 0 Å². The summed E-state index contributed by atoms with van der Waals surface area (Å²) in [6.07, 6.45) is 0. The van der Waals surface area contributed by atoms with Crippen molar-refractivity contribution >= 4 is 32.6 Å². The molecule has 2 heterocycles. The summed E-state index contributed by atoms with van der Waals surface area (Å²) in [6, 6.07) is 13.4. The Kier molecular flexibility index (Phi) is 5.84. The van der Waals surface area contributed by atoms with Gasteiger partial charge in [-0.25, -0.2) is 13.2 Å². The molecule has 158 valence electrons. The van der Waals surface area contributed by atoms with Crippen molar-refractivity contribution in [3.63, 3.8) is 0 Å². The van der Waals surface area contributed by atoms with Gasteiger partial charge < -0.3 is 9.52 Å². The smallest absolute Gasteiger partial charge is 0.336 e. The lowest BCUT2D eigenvalue weighted by molar-refractivity contribution is 0.182. The third-order valence-corrected chi connectivity index (χ3v) is 7.36. The topological polar surface area (TPSA) is 91.1 Å². The molecule has 0 unspecified atom stereocenters. The number of benzene rings is 2. The van der Waals surface area contributed by atoms with E-state index in [2.05, 4.69) is 4.90 Å². The van der Waals surface area contributed by atoms with Gasteiger partial charge in [-0.15, -0.1) is 0 Å². The first-order chi connectivity index (χ1) is 14.3. The number of aromatic hydroxyl groups is 1. The Bertz CT molecular complexity index is 1220. The van der Waals surface area contributed by atoms with E-state index in [0.717, 1.165) is 11.1 Å². The van der Waals surface area contributed by atoms with Crippen molar-refractivity contribution in [3.05, 3.63) is 75.1 Å². The van der Waals surface area contributed by atoms with Gasteiger partial charge in [-0.2, -0.15) is 4.31 Å². The highest BCUT2D eigenvalue weighted by atomic mass is 35.5. The molecule has 1 saturated heterocycles. The Hall–Kier alpha value is -2.39. The van der Waals surface area contributed by atoms with Gasteiger partial charge in [0.2, 0.25) is 10.0 Å². The van der Waals surface area contributed by atoms with Gasteiger partial charge in [0.05, 0.1) is 10.8 Å². The monoisotopic (exact) mass is 448 g/mol. The molecule has 0 amide bonds. The van der Waals surface area contributed by atoms with Crippen molar-refractivity contribution in [1.82, 2.24) is 9.21 Å². The maximum atomic E-state index is 12.7. The standard InChI is InChI=1S/C21H21ClN2O5S/c22-18-11-17-16(10-21(26)29-20(17)12-19(18)25)13-23-6-8-24(9-7-23)30(27,28)14-15-4-2-1-3-5-15/h1-5,10-12,25H,6-9,13-14H2. The Morgan fingerprint density at radius 3 is 2.43 bits per heavy atom. The first-order valence-electron chi connectivity index (χ1n) is 9.51. The van der Waals surface area contributed by atoms with E-state index in [4.69, 9.17) is 16.0 Å². The van der Waals surface area contributed by atoms with Gasteiger partial charge >= 0.3 is 5.63 Å². The Labute approximate surface area is 179 Å². The van der Waals surface area contributed by atoms with Gasteiger partial charge in [0, 0.05) is 50.2 Å². The molecule has 0 saturated carbocycles. The van der Waals surface area contributed by atoms with Crippen LogP contribution in [0.15, 0.2) is 57.7 Å². The van der Waals surface area contributed by atoms with Gasteiger partial charge in [-0.05, 0) is 17.2 Å². The summed E-state index contributed by atoms with van der Waals surface area (Å²) in [4.78, 5) is 14.0. The number of halogens is 1. The second kappa shape index (κ2) is 8.39. The summed E-state index contributed by atoms with van der Waals surface area (Å²) < 4.78 is 32.1. The van der Waals surface area contributed by atoms with Crippen LogP contribution in [0.1, 0.15) is 11.1 Å². The number of phenols is 1. The number of piperazine rings is 1. The molecular weight excluding hydrogens is 428 g/mol. The van der Waals surface area contributed by atoms with Crippen molar-refractivity contribution < 1.29 is 17.9 Å². The molecule has 1 fully saturated rings. The number of nitrogens with zero attached hydrogens (tertiary/aromatic N) is 2. The summed E-state index contributed by atoms with van der Waals surface area (Å²) in [5, 5.41) is 10.6. The molecule has 3 aromatic rings. The summed E-state index contributed by atoms with van der Waals surface area (Å²) in [5.41, 5.74) is 1.25. The fraction of sp³-hybridized carbons (Fsp3) is 0.286. The lowest BCUT2D eigenvalue weighted by Crippen LogP contribution is -2.48. The summed E-state index contributed by atoms with van der Waals surface area (Å²) in [5.74, 6) is -0.165. The second-order valence-corrected chi connectivity index (χ2v) is 9.68. The number of rotatable bonds is 5. The van der Waals surface area contributed by atoms with Gasteiger partial charge in [0.1, 0.15) is 11.3 Å². The molecule has 9 heteroatoms. The minimum absolute atomic E-state index is 0.0137. The predicted molar refractivity (Wildman–Crippen MR) is 115 cm³/mol. The minimum Gasteiger partial charge on any atom is -0.506 e. The first kappa shape index (κ1) is 20.9. The van der Waals surface area contributed by atoms with Crippen LogP contribution in [0.5, 0.6) is 5.75 Å². The fourth-order valence-electron chi connectivity index (χ4n) is 3.65. The molecule has 0 atom stereocenters. The zero-order valence-corrected chi connectivity index (χ0v) is 17.7. The molecule has 1 aliphatic heterocycles. The average molecular weight is 449 g/mol. The van der Waals surface area contributed by atoms with E-state index in [1.807, 2.05) is 30.3 Å². The van der Waals surface area contributed by atoms with Gasteiger partial charge in [-0.3, -0.25) is 4.90 Å². The molecule has 1 aromatic heterocycles. The van der Waals surface area contributed by atoms with Crippen LogP contribution < -0.4 is 5.63 Å². The lowest BCUT2D eigenvalue weighted by Gasteiger charge is -2.34. The zero-order valence-electron chi connectivity index (χ0n) is 16.1. The average Bonchev–Trinajstić information content (AvgIpc) is 2.70. The summed E-state index contributed by atoms with van der Waals surface area (Å²) in [6.45, 7) is 2.31. The number of fused-ring (bicyclic) bond motifs is 1. The highest BCUT2D eigenvalue weighted by Gasteiger charge is 2.27. The van der Waals surface area contributed by atoms with Crippen LogP contribution >= 0.6 is 11.6 Å². The third kappa shape index (κ3) is 4.52. The SMILES string of the molecule is O=c1cc(CN2CCN(S(=O)(=O)Cc3ccccc3)CC2)c2cc(Cl)c(O)cc2o1. The molecule has 1 aliphatic rings. The maximum Gasteiger partial charge on any atom is 0.336 e.